The van der Waals surface area contributed by atoms with E-state index >= 15 is 0 Å². The van der Waals surface area contributed by atoms with Crippen LogP contribution in [0.15, 0.2) is 23.8 Å². The van der Waals surface area contributed by atoms with Crippen LogP contribution in [0.3, 0.4) is 0 Å². The highest BCUT2D eigenvalue weighted by atomic mass is 33.1. The third-order valence-electron chi connectivity index (χ3n) is 5.02. The first kappa shape index (κ1) is 28.4. The molecule has 182 valence electrons. The maximum absolute atomic E-state index is 12.1. The van der Waals surface area contributed by atoms with Crippen LogP contribution in [0.4, 0.5) is 4.79 Å². The van der Waals surface area contributed by atoms with Gasteiger partial charge in [0.15, 0.2) is 0 Å². The number of alkyl carbamates (subject to hydrolysis) is 1. The number of carbonyl (C=O) groups is 3. The molecule has 0 radical (unpaired) electrons. The van der Waals surface area contributed by atoms with Crippen LogP contribution >= 0.6 is 21.6 Å². The SMILES string of the molecule is C/C=C\C(=C/C)C(=O)OCC(C)C(C)NC(=O)OC(C)OC(=O)CCCCC1CCSS1. The van der Waals surface area contributed by atoms with Crippen molar-refractivity contribution in [2.75, 3.05) is 12.4 Å². The molecule has 1 amide bonds. The van der Waals surface area contributed by atoms with Crippen LogP contribution in [0.2, 0.25) is 0 Å². The van der Waals surface area contributed by atoms with Crippen LogP contribution in [0.25, 0.3) is 0 Å². The third kappa shape index (κ3) is 11.9. The van der Waals surface area contributed by atoms with Gasteiger partial charge >= 0.3 is 18.0 Å². The van der Waals surface area contributed by atoms with Crippen molar-refractivity contribution in [3.8, 4) is 0 Å². The molecule has 0 bridgehead atoms. The molecular formula is C23H37NO6S2. The normalized spacial score (nSPS) is 19.3. The number of ether oxygens (including phenoxy) is 3. The predicted molar refractivity (Wildman–Crippen MR) is 130 cm³/mol. The summed E-state index contributed by atoms with van der Waals surface area (Å²) in [6.07, 6.45) is 7.93. The molecule has 0 spiro atoms. The Kier molecular flexibility index (Phi) is 14.3. The lowest BCUT2D eigenvalue weighted by atomic mass is 10.1. The number of carbonyl (C=O) groups excluding carboxylic acids is 3. The second-order valence-corrected chi connectivity index (χ2v) is 10.6. The molecule has 1 aliphatic heterocycles. The third-order valence-corrected chi connectivity index (χ3v) is 8.03. The monoisotopic (exact) mass is 487 g/mol. The Balaban J connectivity index is 2.23. The van der Waals surface area contributed by atoms with E-state index in [4.69, 9.17) is 14.2 Å². The highest BCUT2D eigenvalue weighted by Crippen LogP contribution is 2.39. The summed E-state index contributed by atoms with van der Waals surface area (Å²) >= 11 is 0. The van der Waals surface area contributed by atoms with Gasteiger partial charge in [0, 0.05) is 36.3 Å². The summed E-state index contributed by atoms with van der Waals surface area (Å²) in [7, 11) is 3.86. The minimum Gasteiger partial charge on any atom is -0.462 e. The number of unbranched alkanes of at least 4 members (excludes halogenated alkanes) is 1. The average molecular weight is 488 g/mol. The van der Waals surface area contributed by atoms with Crippen molar-refractivity contribution in [3.63, 3.8) is 0 Å². The first-order valence-corrected chi connectivity index (χ1v) is 13.6. The second kappa shape index (κ2) is 16.1. The molecule has 9 heteroatoms. The molecule has 0 aromatic rings. The fourth-order valence-electron chi connectivity index (χ4n) is 2.88. The lowest BCUT2D eigenvalue weighted by Crippen LogP contribution is -2.41. The lowest BCUT2D eigenvalue weighted by Gasteiger charge is -2.22. The van der Waals surface area contributed by atoms with Gasteiger partial charge in [-0.25, -0.2) is 9.59 Å². The van der Waals surface area contributed by atoms with E-state index < -0.39 is 18.4 Å². The quantitative estimate of drug-likeness (QED) is 0.0921. The molecule has 0 aromatic heterocycles. The zero-order valence-electron chi connectivity index (χ0n) is 19.8. The topological polar surface area (TPSA) is 90.9 Å². The number of amides is 1. The van der Waals surface area contributed by atoms with E-state index in [1.54, 1.807) is 32.1 Å². The van der Waals surface area contributed by atoms with Gasteiger partial charge in [0.2, 0.25) is 6.29 Å². The summed E-state index contributed by atoms with van der Waals surface area (Å²) < 4.78 is 15.6. The molecule has 1 rings (SSSR count). The van der Waals surface area contributed by atoms with Crippen LogP contribution in [0.5, 0.6) is 0 Å². The lowest BCUT2D eigenvalue weighted by molar-refractivity contribution is -0.165. The molecule has 7 nitrogen and oxygen atoms in total. The summed E-state index contributed by atoms with van der Waals surface area (Å²) in [5.74, 6) is 0.302. The summed E-state index contributed by atoms with van der Waals surface area (Å²) in [5.41, 5.74) is 0.479. The Morgan fingerprint density at radius 3 is 2.50 bits per heavy atom. The van der Waals surface area contributed by atoms with Gasteiger partial charge in [0.05, 0.1) is 12.2 Å². The van der Waals surface area contributed by atoms with Gasteiger partial charge in [-0.3, -0.25) is 4.79 Å². The smallest absolute Gasteiger partial charge is 0.410 e. The van der Waals surface area contributed by atoms with Crippen molar-refractivity contribution in [1.82, 2.24) is 5.32 Å². The van der Waals surface area contributed by atoms with E-state index in [9.17, 15) is 14.4 Å². The second-order valence-electron chi connectivity index (χ2n) is 7.79. The first-order valence-electron chi connectivity index (χ1n) is 11.2. The zero-order valence-corrected chi connectivity index (χ0v) is 21.4. The van der Waals surface area contributed by atoms with Gasteiger partial charge in [0.1, 0.15) is 0 Å². The van der Waals surface area contributed by atoms with Crippen molar-refractivity contribution in [2.24, 2.45) is 5.92 Å². The molecule has 0 aromatic carbocycles. The molecule has 1 N–H and O–H groups in total. The van der Waals surface area contributed by atoms with Gasteiger partial charge in [-0.15, -0.1) is 0 Å². The van der Waals surface area contributed by atoms with Gasteiger partial charge < -0.3 is 19.5 Å². The van der Waals surface area contributed by atoms with Crippen molar-refractivity contribution < 1.29 is 28.6 Å². The maximum atomic E-state index is 12.1. The van der Waals surface area contributed by atoms with E-state index in [-0.39, 0.29) is 24.5 Å². The van der Waals surface area contributed by atoms with E-state index in [0.717, 1.165) is 19.3 Å². The molecule has 1 heterocycles. The van der Waals surface area contributed by atoms with Crippen molar-refractivity contribution in [3.05, 3.63) is 23.8 Å². The van der Waals surface area contributed by atoms with Crippen molar-refractivity contribution in [2.45, 2.75) is 84.3 Å². The van der Waals surface area contributed by atoms with E-state index in [0.29, 0.717) is 17.2 Å². The van der Waals surface area contributed by atoms with Gasteiger partial charge in [-0.1, -0.05) is 53.2 Å². The van der Waals surface area contributed by atoms with Crippen LogP contribution in [-0.4, -0.2) is 48.0 Å². The summed E-state index contributed by atoms with van der Waals surface area (Å²) in [6, 6.07) is -0.305. The average Bonchev–Trinajstić information content (AvgIpc) is 3.26. The Bertz CT molecular complexity index is 661. The summed E-state index contributed by atoms with van der Waals surface area (Å²) in [6.45, 7) is 8.90. The number of nitrogens with one attached hydrogen (secondary N) is 1. The molecule has 4 unspecified atom stereocenters. The highest BCUT2D eigenvalue weighted by Gasteiger charge is 2.21. The van der Waals surface area contributed by atoms with Crippen molar-refractivity contribution >= 4 is 39.6 Å². The Labute approximate surface area is 199 Å². The Hall–Kier alpha value is -1.61. The number of allylic oxidation sites excluding steroid dienone is 2. The maximum Gasteiger partial charge on any atom is 0.410 e. The van der Waals surface area contributed by atoms with E-state index in [1.807, 2.05) is 35.4 Å². The number of rotatable bonds is 13. The van der Waals surface area contributed by atoms with Gasteiger partial charge in [-0.2, -0.15) is 0 Å². The highest BCUT2D eigenvalue weighted by molar-refractivity contribution is 8.77. The Morgan fingerprint density at radius 2 is 1.88 bits per heavy atom. The number of hydrogen-bond acceptors (Lipinski definition) is 8. The molecule has 32 heavy (non-hydrogen) atoms. The summed E-state index contributed by atoms with van der Waals surface area (Å²) in [4.78, 5) is 36.0. The molecule has 1 saturated heterocycles. The molecule has 4 atom stereocenters. The van der Waals surface area contributed by atoms with E-state index in [1.165, 1.54) is 19.1 Å². The number of esters is 2. The predicted octanol–water partition coefficient (Wildman–Crippen LogP) is 5.41. The zero-order chi connectivity index (χ0) is 23.9. The summed E-state index contributed by atoms with van der Waals surface area (Å²) in [5, 5.41) is 3.38. The number of hydrogen-bond donors (Lipinski definition) is 1. The minimum absolute atomic E-state index is 0.135. The molecular weight excluding hydrogens is 450 g/mol. The van der Waals surface area contributed by atoms with Crippen LogP contribution in [0.1, 0.15) is 66.7 Å². The Morgan fingerprint density at radius 1 is 1.12 bits per heavy atom. The largest absolute Gasteiger partial charge is 0.462 e. The van der Waals surface area contributed by atoms with E-state index in [2.05, 4.69) is 5.32 Å². The molecule has 0 aliphatic carbocycles. The fraction of sp³-hybridized carbons (Fsp3) is 0.696. The fourth-order valence-corrected chi connectivity index (χ4v) is 5.91. The van der Waals surface area contributed by atoms with Crippen LogP contribution in [0, 0.1) is 5.92 Å². The first-order chi connectivity index (χ1) is 15.3. The molecule has 1 aliphatic rings. The van der Waals surface area contributed by atoms with Gasteiger partial charge in [-0.05, 0) is 40.0 Å². The molecule has 0 saturated carbocycles. The standard InChI is InChI=1S/C23H37NO6S2/c1-6-10-19(7-2)22(26)28-15-16(3)17(4)24-23(27)30-18(5)29-21(25)12-9-8-11-20-13-14-31-32-20/h6-7,10,16-18,20H,8-9,11-15H2,1-5H3,(H,24,27)/b10-6-,19-7+. The molecule has 1 fully saturated rings. The van der Waals surface area contributed by atoms with Crippen LogP contribution < -0.4 is 5.32 Å². The van der Waals surface area contributed by atoms with Gasteiger partial charge in [0.25, 0.3) is 0 Å². The van der Waals surface area contributed by atoms with Crippen LogP contribution in [-0.2, 0) is 23.8 Å². The minimum atomic E-state index is -0.970. The van der Waals surface area contributed by atoms with Crippen molar-refractivity contribution in [1.29, 1.82) is 0 Å².